The van der Waals surface area contributed by atoms with Crippen molar-refractivity contribution in [3.63, 3.8) is 0 Å². The molecule has 0 bridgehead atoms. The molecule has 1 heterocycles. The molecule has 3 heteroatoms. The van der Waals surface area contributed by atoms with Crippen molar-refractivity contribution >= 4 is 5.71 Å². The summed E-state index contributed by atoms with van der Waals surface area (Å²) in [4.78, 5) is 4.21. The van der Waals surface area contributed by atoms with Gasteiger partial charge >= 0.3 is 0 Å². The maximum Gasteiger partial charge on any atom is 0.102 e. The first-order valence-corrected chi connectivity index (χ1v) is 3.78. The quantitative estimate of drug-likeness (QED) is 0.391. The standard InChI is InChI=1S/C9H12N2O/c1-6-4-7(2)10-9(5-6)8(3)11-12/h4-5,12H,1-3H3/b11-8-. The summed E-state index contributed by atoms with van der Waals surface area (Å²) in [6.45, 7) is 5.63. The summed E-state index contributed by atoms with van der Waals surface area (Å²) in [5.41, 5.74) is 3.34. The number of nitrogens with zero attached hydrogens (tertiary/aromatic N) is 2. The fourth-order valence-electron chi connectivity index (χ4n) is 1.08. The number of aromatic nitrogens is 1. The first kappa shape index (κ1) is 8.71. The largest absolute Gasteiger partial charge is 0.411 e. The molecule has 0 saturated carbocycles. The number of aryl methyl sites for hydroxylation is 2. The van der Waals surface area contributed by atoms with Gasteiger partial charge in [-0.1, -0.05) is 5.16 Å². The number of hydrogen-bond donors (Lipinski definition) is 1. The Morgan fingerprint density at radius 2 is 2.08 bits per heavy atom. The third-order valence-electron chi connectivity index (χ3n) is 1.62. The minimum absolute atomic E-state index is 0.543. The molecule has 0 fully saturated rings. The topological polar surface area (TPSA) is 45.5 Å². The van der Waals surface area contributed by atoms with Gasteiger partial charge in [0.05, 0.1) is 5.69 Å². The summed E-state index contributed by atoms with van der Waals surface area (Å²) in [6, 6.07) is 3.87. The molecule has 0 spiro atoms. The molecule has 0 saturated heterocycles. The summed E-state index contributed by atoms with van der Waals surface area (Å²) in [6.07, 6.45) is 0. The second-order valence-electron chi connectivity index (χ2n) is 2.86. The lowest BCUT2D eigenvalue weighted by Crippen LogP contribution is -2.00. The molecule has 3 nitrogen and oxygen atoms in total. The molecule has 0 aliphatic carbocycles. The zero-order chi connectivity index (χ0) is 9.14. The third kappa shape index (κ3) is 1.81. The van der Waals surface area contributed by atoms with E-state index >= 15 is 0 Å². The van der Waals surface area contributed by atoms with Crippen LogP contribution in [0.4, 0.5) is 0 Å². The van der Waals surface area contributed by atoms with Gasteiger partial charge in [0, 0.05) is 5.69 Å². The van der Waals surface area contributed by atoms with Gasteiger partial charge in [-0.25, -0.2) is 0 Å². The first-order chi connectivity index (χ1) is 5.63. The molecule has 1 N–H and O–H groups in total. The molecular formula is C9H12N2O. The molecular weight excluding hydrogens is 152 g/mol. The van der Waals surface area contributed by atoms with E-state index in [4.69, 9.17) is 5.21 Å². The first-order valence-electron chi connectivity index (χ1n) is 3.78. The maximum absolute atomic E-state index is 8.52. The second-order valence-corrected chi connectivity index (χ2v) is 2.86. The summed E-state index contributed by atoms with van der Waals surface area (Å²) >= 11 is 0. The number of rotatable bonds is 1. The number of oxime groups is 1. The Kier molecular flexibility index (Phi) is 2.43. The van der Waals surface area contributed by atoms with E-state index in [0.717, 1.165) is 17.0 Å². The fourth-order valence-corrected chi connectivity index (χ4v) is 1.08. The summed E-state index contributed by atoms with van der Waals surface area (Å²) < 4.78 is 0. The van der Waals surface area contributed by atoms with Crippen LogP contribution >= 0.6 is 0 Å². The van der Waals surface area contributed by atoms with E-state index in [1.54, 1.807) is 6.92 Å². The highest BCUT2D eigenvalue weighted by Gasteiger charge is 2.00. The number of hydrogen-bond acceptors (Lipinski definition) is 3. The van der Waals surface area contributed by atoms with Crippen molar-refractivity contribution in [2.45, 2.75) is 20.8 Å². The van der Waals surface area contributed by atoms with Crippen molar-refractivity contribution in [3.8, 4) is 0 Å². The van der Waals surface area contributed by atoms with E-state index in [0.29, 0.717) is 5.71 Å². The smallest absolute Gasteiger partial charge is 0.102 e. The molecule has 0 aliphatic rings. The average Bonchev–Trinajstić information content (AvgIpc) is 2.01. The lowest BCUT2D eigenvalue weighted by Gasteiger charge is -2.01. The van der Waals surface area contributed by atoms with Crippen molar-refractivity contribution in [1.82, 2.24) is 4.98 Å². The van der Waals surface area contributed by atoms with Crippen LogP contribution in [0, 0.1) is 13.8 Å². The van der Waals surface area contributed by atoms with Gasteiger partial charge in [0.1, 0.15) is 5.71 Å². The van der Waals surface area contributed by atoms with Crippen LogP contribution in [0.3, 0.4) is 0 Å². The Morgan fingerprint density at radius 3 is 2.58 bits per heavy atom. The second kappa shape index (κ2) is 3.34. The molecule has 1 rings (SSSR count). The molecule has 12 heavy (non-hydrogen) atoms. The molecule has 1 aromatic heterocycles. The van der Waals surface area contributed by atoms with Crippen molar-refractivity contribution in [2.24, 2.45) is 5.16 Å². The molecule has 0 aliphatic heterocycles. The molecule has 0 radical (unpaired) electrons. The van der Waals surface area contributed by atoms with Crippen molar-refractivity contribution in [3.05, 3.63) is 29.1 Å². The molecule has 64 valence electrons. The highest BCUT2D eigenvalue weighted by Crippen LogP contribution is 2.04. The van der Waals surface area contributed by atoms with Crippen molar-refractivity contribution < 1.29 is 5.21 Å². The van der Waals surface area contributed by atoms with E-state index in [1.165, 1.54) is 0 Å². The van der Waals surface area contributed by atoms with E-state index < -0.39 is 0 Å². The molecule has 1 aromatic rings. The minimum Gasteiger partial charge on any atom is -0.411 e. The summed E-state index contributed by atoms with van der Waals surface area (Å²) in [5, 5.41) is 11.6. The van der Waals surface area contributed by atoms with Crippen LogP contribution in [0.2, 0.25) is 0 Å². The van der Waals surface area contributed by atoms with Crippen LogP contribution in [0.25, 0.3) is 0 Å². The molecule has 0 atom stereocenters. The molecule has 0 amide bonds. The third-order valence-corrected chi connectivity index (χ3v) is 1.62. The Morgan fingerprint density at radius 1 is 1.42 bits per heavy atom. The Balaban J connectivity index is 3.17. The fraction of sp³-hybridized carbons (Fsp3) is 0.333. The zero-order valence-electron chi connectivity index (χ0n) is 7.50. The van der Waals surface area contributed by atoms with Gasteiger partial charge in [-0.05, 0) is 38.5 Å². The maximum atomic E-state index is 8.52. The van der Waals surface area contributed by atoms with E-state index in [9.17, 15) is 0 Å². The monoisotopic (exact) mass is 164 g/mol. The van der Waals surface area contributed by atoms with Crippen LogP contribution in [-0.2, 0) is 0 Å². The van der Waals surface area contributed by atoms with Crippen LogP contribution in [0.5, 0.6) is 0 Å². The number of pyridine rings is 1. The average molecular weight is 164 g/mol. The van der Waals surface area contributed by atoms with Crippen LogP contribution in [0.1, 0.15) is 23.9 Å². The lowest BCUT2D eigenvalue weighted by molar-refractivity contribution is 0.319. The minimum atomic E-state index is 0.543. The van der Waals surface area contributed by atoms with Crippen molar-refractivity contribution in [1.29, 1.82) is 0 Å². The van der Waals surface area contributed by atoms with Gasteiger partial charge in [-0.2, -0.15) is 0 Å². The lowest BCUT2D eigenvalue weighted by atomic mass is 10.2. The Bertz CT molecular complexity index is 298. The highest BCUT2D eigenvalue weighted by molar-refractivity contribution is 5.96. The molecule has 0 unspecified atom stereocenters. The normalized spacial score (nSPS) is 11.8. The van der Waals surface area contributed by atoms with E-state index in [2.05, 4.69) is 10.1 Å². The van der Waals surface area contributed by atoms with Gasteiger partial charge < -0.3 is 5.21 Å². The van der Waals surface area contributed by atoms with Crippen LogP contribution < -0.4 is 0 Å². The predicted molar refractivity (Wildman–Crippen MR) is 47.7 cm³/mol. The van der Waals surface area contributed by atoms with Crippen molar-refractivity contribution in [2.75, 3.05) is 0 Å². The van der Waals surface area contributed by atoms with Crippen LogP contribution in [-0.4, -0.2) is 15.9 Å². The van der Waals surface area contributed by atoms with Crippen LogP contribution in [0.15, 0.2) is 17.3 Å². The Hall–Kier alpha value is -1.38. The van der Waals surface area contributed by atoms with Gasteiger partial charge in [-0.3, -0.25) is 4.98 Å². The van der Waals surface area contributed by atoms with Gasteiger partial charge in [0.2, 0.25) is 0 Å². The van der Waals surface area contributed by atoms with E-state index in [1.807, 2.05) is 26.0 Å². The predicted octanol–water partition coefficient (Wildman–Crippen LogP) is 1.90. The van der Waals surface area contributed by atoms with Gasteiger partial charge in [0.25, 0.3) is 0 Å². The zero-order valence-corrected chi connectivity index (χ0v) is 7.50. The summed E-state index contributed by atoms with van der Waals surface area (Å²) in [5.74, 6) is 0. The highest BCUT2D eigenvalue weighted by atomic mass is 16.4. The van der Waals surface area contributed by atoms with Gasteiger partial charge in [0.15, 0.2) is 0 Å². The summed E-state index contributed by atoms with van der Waals surface area (Å²) in [7, 11) is 0. The molecule has 0 aromatic carbocycles. The van der Waals surface area contributed by atoms with Gasteiger partial charge in [-0.15, -0.1) is 0 Å². The SMILES string of the molecule is C/C(=N/O)c1cc(C)cc(C)n1. The Labute approximate surface area is 71.8 Å². The van der Waals surface area contributed by atoms with E-state index in [-0.39, 0.29) is 0 Å².